The van der Waals surface area contributed by atoms with Crippen molar-refractivity contribution in [1.82, 2.24) is 30.6 Å². The molecule has 2 aromatic heterocycles. The van der Waals surface area contributed by atoms with Gasteiger partial charge in [0.25, 0.3) is 0 Å². The van der Waals surface area contributed by atoms with Gasteiger partial charge in [0, 0.05) is 18.5 Å². The summed E-state index contributed by atoms with van der Waals surface area (Å²) in [5, 5.41) is 7.82. The van der Waals surface area contributed by atoms with Crippen LogP contribution >= 0.6 is 0 Å². The van der Waals surface area contributed by atoms with Crippen LogP contribution in [0.5, 0.6) is 0 Å². The molecule has 5 rings (SSSR count). The van der Waals surface area contributed by atoms with Crippen LogP contribution in [-0.2, 0) is 15.9 Å². The maximum Gasteiger partial charge on any atom is 0.408 e. The summed E-state index contributed by atoms with van der Waals surface area (Å²) >= 11 is 0. The predicted molar refractivity (Wildman–Crippen MR) is 180 cm³/mol. The first-order valence-electron chi connectivity index (χ1n) is 15.4. The van der Waals surface area contributed by atoms with Crippen molar-refractivity contribution in [3.63, 3.8) is 0 Å². The van der Waals surface area contributed by atoms with Crippen LogP contribution in [0.25, 0.3) is 44.4 Å². The number of ether oxygens (including phenoxy) is 2. The smallest absolute Gasteiger partial charge is 0.408 e. The van der Waals surface area contributed by atoms with E-state index in [1.165, 1.54) is 0 Å². The van der Waals surface area contributed by atoms with Gasteiger partial charge in [0.2, 0.25) is 0 Å². The van der Waals surface area contributed by atoms with Gasteiger partial charge < -0.3 is 30.1 Å². The molecule has 0 fully saturated rings. The number of carbonyl (C=O) groups excluding carboxylic acids is 2. The van der Waals surface area contributed by atoms with E-state index in [0.717, 1.165) is 50.2 Å². The highest BCUT2D eigenvalue weighted by atomic mass is 16.6. The van der Waals surface area contributed by atoms with Crippen LogP contribution in [0.1, 0.15) is 66.2 Å². The number of aromatic nitrogens is 4. The van der Waals surface area contributed by atoms with Gasteiger partial charge in [0.05, 0.1) is 29.8 Å². The van der Waals surface area contributed by atoms with Crippen molar-refractivity contribution < 1.29 is 19.1 Å². The Morgan fingerprint density at radius 2 is 1.26 bits per heavy atom. The van der Waals surface area contributed by atoms with Gasteiger partial charge >= 0.3 is 12.2 Å². The number of hydrogen-bond donors (Lipinski definition) is 4. The van der Waals surface area contributed by atoms with Crippen LogP contribution in [0, 0.1) is 0 Å². The molecule has 10 heteroatoms. The van der Waals surface area contributed by atoms with Crippen molar-refractivity contribution in [3.8, 4) is 33.6 Å². The summed E-state index contributed by atoms with van der Waals surface area (Å²) in [5.41, 5.74) is 4.97. The van der Waals surface area contributed by atoms with Crippen LogP contribution in [-0.4, -0.2) is 49.9 Å². The summed E-state index contributed by atoms with van der Waals surface area (Å²) < 4.78 is 10.6. The van der Waals surface area contributed by atoms with Crippen LogP contribution in [0.2, 0.25) is 0 Å². The second kappa shape index (κ2) is 13.1. The molecule has 0 bridgehead atoms. The number of fused-ring (bicyclic) bond motifs is 1. The fourth-order valence-electron chi connectivity index (χ4n) is 4.92. The van der Waals surface area contributed by atoms with Crippen molar-refractivity contribution >= 4 is 23.0 Å². The summed E-state index contributed by atoms with van der Waals surface area (Å²) in [6.45, 7) is 13.3. The van der Waals surface area contributed by atoms with E-state index >= 15 is 0 Å². The van der Waals surface area contributed by atoms with E-state index in [9.17, 15) is 9.59 Å². The maximum atomic E-state index is 12.2. The van der Waals surface area contributed by atoms with Gasteiger partial charge in [-0.05, 0) is 88.1 Å². The van der Waals surface area contributed by atoms with Crippen molar-refractivity contribution in [2.45, 2.75) is 72.1 Å². The second-order valence-electron chi connectivity index (χ2n) is 13.3. The lowest BCUT2D eigenvalue weighted by molar-refractivity contribution is 0.0501. The molecular weight excluding hydrogens is 580 g/mol. The molecule has 4 N–H and O–H groups in total. The van der Waals surface area contributed by atoms with E-state index in [0.29, 0.717) is 18.8 Å². The maximum absolute atomic E-state index is 12.2. The standard InChI is InChI=1S/C36H42N6O4/c1-22(40-34(44)46-36(5,6)7)32-39-21-30(42-32)28-15-14-26-18-25(12-13-27(26)19-28)23-8-10-24(11-9-23)29-20-38-31(41-29)16-17-37-33(43)45-35(2,3)4/h8-15,18-22H,16-17H2,1-7H3,(H,37,43)(H,38,41)(H,39,42)(H,40,44)/t22-/m0/s1. The third-order valence-corrected chi connectivity index (χ3v) is 7.08. The van der Waals surface area contributed by atoms with Gasteiger partial charge in [-0.3, -0.25) is 0 Å². The van der Waals surface area contributed by atoms with Gasteiger partial charge in [-0.25, -0.2) is 19.6 Å². The number of imidazole rings is 2. The van der Waals surface area contributed by atoms with E-state index < -0.39 is 23.4 Å². The molecule has 0 spiro atoms. The van der Waals surface area contributed by atoms with Gasteiger partial charge in [-0.2, -0.15) is 0 Å². The number of benzene rings is 3. The summed E-state index contributed by atoms with van der Waals surface area (Å²) in [7, 11) is 0. The monoisotopic (exact) mass is 622 g/mol. The largest absolute Gasteiger partial charge is 0.444 e. The molecule has 2 heterocycles. The highest BCUT2D eigenvalue weighted by Gasteiger charge is 2.20. The fourth-order valence-corrected chi connectivity index (χ4v) is 4.92. The van der Waals surface area contributed by atoms with E-state index in [4.69, 9.17) is 9.47 Å². The molecular formula is C36H42N6O4. The first-order chi connectivity index (χ1) is 21.7. The number of nitrogens with one attached hydrogen (secondary N) is 4. The van der Waals surface area contributed by atoms with Gasteiger partial charge in [0.15, 0.2) is 0 Å². The quantitative estimate of drug-likeness (QED) is 0.139. The molecule has 0 saturated heterocycles. The van der Waals surface area contributed by atoms with Crippen molar-refractivity contribution in [2.24, 2.45) is 0 Å². The Balaban J connectivity index is 1.21. The lowest BCUT2D eigenvalue weighted by atomic mass is 9.98. The molecule has 46 heavy (non-hydrogen) atoms. The predicted octanol–water partition coefficient (Wildman–Crippen LogP) is 7.94. The molecule has 2 amide bonds. The Morgan fingerprint density at radius 1 is 0.717 bits per heavy atom. The number of rotatable bonds is 8. The molecule has 0 unspecified atom stereocenters. The Labute approximate surface area is 269 Å². The zero-order valence-electron chi connectivity index (χ0n) is 27.4. The van der Waals surface area contributed by atoms with E-state index in [2.05, 4.69) is 91.2 Å². The average Bonchev–Trinajstić information content (AvgIpc) is 3.66. The minimum absolute atomic E-state index is 0.332. The zero-order valence-corrected chi connectivity index (χ0v) is 27.4. The number of hydrogen-bond acceptors (Lipinski definition) is 6. The lowest BCUT2D eigenvalue weighted by Gasteiger charge is -2.21. The number of nitrogens with zero attached hydrogens (tertiary/aromatic N) is 2. The molecule has 240 valence electrons. The minimum atomic E-state index is -0.567. The number of carbonyl (C=O) groups is 2. The van der Waals surface area contributed by atoms with E-state index in [1.807, 2.05) is 54.7 Å². The van der Waals surface area contributed by atoms with Gasteiger partial charge in [-0.1, -0.05) is 48.5 Å². The molecule has 0 aliphatic heterocycles. The molecule has 0 aliphatic carbocycles. The number of aromatic amines is 2. The summed E-state index contributed by atoms with van der Waals surface area (Å²) in [4.78, 5) is 39.7. The van der Waals surface area contributed by atoms with Crippen LogP contribution in [0.4, 0.5) is 9.59 Å². The number of alkyl carbamates (subject to hydrolysis) is 2. The van der Waals surface area contributed by atoms with E-state index in [1.54, 1.807) is 6.20 Å². The highest BCUT2D eigenvalue weighted by molar-refractivity contribution is 5.90. The third-order valence-electron chi connectivity index (χ3n) is 7.08. The van der Waals surface area contributed by atoms with Gasteiger partial charge in [0.1, 0.15) is 22.9 Å². The molecule has 0 radical (unpaired) electrons. The summed E-state index contributed by atoms with van der Waals surface area (Å²) in [6.07, 6.45) is 3.25. The normalized spacial score (nSPS) is 12.5. The van der Waals surface area contributed by atoms with Crippen molar-refractivity contribution in [1.29, 1.82) is 0 Å². The Kier molecular flexibility index (Phi) is 9.18. The summed E-state index contributed by atoms with van der Waals surface area (Å²) in [6, 6.07) is 20.8. The molecule has 0 saturated carbocycles. The Hall–Kier alpha value is -5.12. The average molecular weight is 623 g/mol. The third kappa shape index (κ3) is 8.53. The fraction of sp³-hybridized carbons (Fsp3) is 0.333. The lowest BCUT2D eigenvalue weighted by Crippen LogP contribution is -2.34. The molecule has 3 aromatic carbocycles. The van der Waals surface area contributed by atoms with Crippen molar-refractivity contribution in [2.75, 3.05) is 6.54 Å². The van der Waals surface area contributed by atoms with Crippen LogP contribution in [0.3, 0.4) is 0 Å². The van der Waals surface area contributed by atoms with E-state index in [-0.39, 0.29) is 6.04 Å². The summed E-state index contributed by atoms with van der Waals surface area (Å²) in [5.74, 6) is 1.45. The molecule has 5 aromatic rings. The highest BCUT2D eigenvalue weighted by Crippen LogP contribution is 2.30. The second-order valence-corrected chi connectivity index (χ2v) is 13.3. The Bertz CT molecular complexity index is 1830. The molecule has 0 aliphatic rings. The Morgan fingerprint density at radius 3 is 1.93 bits per heavy atom. The topological polar surface area (TPSA) is 134 Å². The molecule has 1 atom stereocenters. The first kappa shape index (κ1) is 32.3. The van der Waals surface area contributed by atoms with Crippen LogP contribution < -0.4 is 10.6 Å². The number of amides is 2. The molecule has 10 nitrogen and oxygen atoms in total. The first-order valence-corrected chi connectivity index (χ1v) is 15.4. The minimum Gasteiger partial charge on any atom is -0.444 e. The van der Waals surface area contributed by atoms with Crippen LogP contribution in [0.15, 0.2) is 73.1 Å². The SMILES string of the molecule is C[C@H](NC(=O)OC(C)(C)C)c1ncc(-c2ccc3cc(-c4ccc(-c5cnc(CCNC(=O)OC(C)(C)C)[nH]5)cc4)ccc3c2)[nH]1. The zero-order chi connectivity index (χ0) is 33.1. The number of H-pyrrole nitrogens is 2. The van der Waals surface area contributed by atoms with Crippen molar-refractivity contribution in [3.05, 3.63) is 84.7 Å². The van der Waals surface area contributed by atoms with Gasteiger partial charge in [-0.15, -0.1) is 0 Å².